The third kappa shape index (κ3) is 5.93. The quantitative estimate of drug-likeness (QED) is 0.779. The van der Waals surface area contributed by atoms with E-state index in [-0.39, 0.29) is 18.3 Å². The number of ether oxygens (including phenoxy) is 1. The Morgan fingerprint density at radius 3 is 2.72 bits per heavy atom. The monoisotopic (exact) mass is 358 g/mol. The number of nitrogens with one attached hydrogen (secondary N) is 2. The van der Waals surface area contributed by atoms with Crippen LogP contribution in [0.15, 0.2) is 66.2 Å². The summed E-state index contributed by atoms with van der Waals surface area (Å²) < 4.78 is 5.78. The van der Waals surface area contributed by atoms with E-state index >= 15 is 0 Å². The molecule has 0 saturated carbocycles. The van der Waals surface area contributed by atoms with Gasteiger partial charge in [0.1, 0.15) is 12.4 Å². The molecule has 4 nitrogen and oxygen atoms in total. The first-order valence-corrected chi connectivity index (χ1v) is 8.25. The van der Waals surface area contributed by atoms with Crippen LogP contribution in [0.1, 0.15) is 22.3 Å². The van der Waals surface area contributed by atoms with E-state index in [1.54, 1.807) is 6.07 Å². The number of hydrogen-bond acceptors (Lipinski definition) is 3. The lowest BCUT2D eigenvalue weighted by Crippen LogP contribution is -2.29. The smallest absolute Gasteiger partial charge is 0.251 e. The fourth-order valence-corrected chi connectivity index (χ4v) is 2.59. The van der Waals surface area contributed by atoms with Gasteiger partial charge in [-0.1, -0.05) is 48.0 Å². The molecule has 0 bridgehead atoms. The van der Waals surface area contributed by atoms with E-state index in [0.717, 1.165) is 25.1 Å². The average Bonchev–Trinajstić information content (AvgIpc) is 2.66. The lowest BCUT2D eigenvalue weighted by molar-refractivity contribution is 0.0956. The van der Waals surface area contributed by atoms with Gasteiger partial charge in [-0.25, -0.2) is 0 Å². The van der Waals surface area contributed by atoms with Crippen LogP contribution in [0.3, 0.4) is 0 Å². The molecular formula is C20H23ClN2O2. The molecule has 3 rings (SSSR count). The fraction of sp³-hybridized carbons (Fsp3) is 0.250. The van der Waals surface area contributed by atoms with Crippen molar-refractivity contribution < 1.29 is 9.53 Å². The minimum absolute atomic E-state index is 0. The molecule has 0 saturated heterocycles. The van der Waals surface area contributed by atoms with E-state index in [1.165, 1.54) is 5.57 Å². The number of hydrogen-bond donors (Lipinski definition) is 2. The minimum atomic E-state index is -0.0698. The molecule has 1 aliphatic heterocycles. The summed E-state index contributed by atoms with van der Waals surface area (Å²) in [6, 6.07) is 17.3. The molecule has 0 aromatic heterocycles. The van der Waals surface area contributed by atoms with Crippen LogP contribution in [0.5, 0.6) is 5.75 Å². The van der Waals surface area contributed by atoms with Crippen molar-refractivity contribution >= 4 is 18.3 Å². The highest BCUT2D eigenvalue weighted by molar-refractivity contribution is 5.94. The summed E-state index contributed by atoms with van der Waals surface area (Å²) in [5, 5.41) is 6.24. The maximum absolute atomic E-state index is 12.3. The second kappa shape index (κ2) is 9.87. The summed E-state index contributed by atoms with van der Waals surface area (Å²) in [5.41, 5.74) is 3.00. The van der Waals surface area contributed by atoms with Gasteiger partial charge in [0.2, 0.25) is 0 Å². The number of carbonyl (C=O) groups is 1. The van der Waals surface area contributed by atoms with Gasteiger partial charge in [0.05, 0.1) is 0 Å². The Kier molecular flexibility index (Phi) is 7.51. The third-order valence-corrected chi connectivity index (χ3v) is 3.98. The largest absolute Gasteiger partial charge is 0.489 e. The summed E-state index contributed by atoms with van der Waals surface area (Å²) in [7, 11) is 0. The first-order chi connectivity index (χ1) is 11.8. The van der Waals surface area contributed by atoms with E-state index in [4.69, 9.17) is 4.74 Å². The van der Waals surface area contributed by atoms with Gasteiger partial charge in [-0.15, -0.1) is 12.4 Å². The second-order valence-corrected chi connectivity index (χ2v) is 5.80. The van der Waals surface area contributed by atoms with Gasteiger partial charge in [-0.2, -0.15) is 0 Å². The van der Waals surface area contributed by atoms with Crippen LogP contribution in [0, 0.1) is 0 Å². The summed E-state index contributed by atoms with van der Waals surface area (Å²) in [6.45, 7) is 2.96. The number of halogens is 1. The highest BCUT2D eigenvalue weighted by atomic mass is 35.5. The summed E-state index contributed by atoms with van der Waals surface area (Å²) in [4.78, 5) is 12.3. The molecule has 2 aromatic carbocycles. The lowest BCUT2D eigenvalue weighted by Gasteiger charge is -2.14. The van der Waals surface area contributed by atoms with Crippen molar-refractivity contribution in [1.82, 2.24) is 10.6 Å². The molecule has 132 valence electrons. The standard InChI is InChI=1S/C20H22N2O2.ClH/c23-20(22-14-16-9-11-21-12-10-16)18-7-4-8-19(13-18)24-15-17-5-2-1-3-6-17;/h1-9,13,21H,10-12,14-15H2,(H,22,23);1H. The average molecular weight is 359 g/mol. The van der Waals surface area contributed by atoms with Crippen LogP contribution >= 0.6 is 12.4 Å². The molecule has 0 fully saturated rings. The second-order valence-electron chi connectivity index (χ2n) is 5.80. The van der Waals surface area contributed by atoms with Crippen LogP contribution in [0.25, 0.3) is 0 Å². The van der Waals surface area contributed by atoms with E-state index in [9.17, 15) is 4.79 Å². The van der Waals surface area contributed by atoms with E-state index < -0.39 is 0 Å². The Balaban J connectivity index is 0.00000225. The van der Waals surface area contributed by atoms with Gasteiger partial charge in [0.25, 0.3) is 5.91 Å². The van der Waals surface area contributed by atoms with Gasteiger partial charge < -0.3 is 15.4 Å². The highest BCUT2D eigenvalue weighted by Crippen LogP contribution is 2.15. The van der Waals surface area contributed by atoms with Gasteiger partial charge in [0, 0.05) is 18.7 Å². The van der Waals surface area contributed by atoms with Gasteiger partial charge >= 0.3 is 0 Å². The predicted molar refractivity (Wildman–Crippen MR) is 102 cm³/mol. The molecule has 2 aromatic rings. The molecule has 2 N–H and O–H groups in total. The number of benzene rings is 2. The Bertz CT molecular complexity index is 717. The molecule has 0 aliphatic carbocycles. The van der Waals surface area contributed by atoms with E-state index in [1.807, 2.05) is 48.5 Å². The van der Waals surface area contributed by atoms with Gasteiger partial charge in [-0.05, 0) is 36.7 Å². The fourth-order valence-electron chi connectivity index (χ4n) is 2.59. The summed E-state index contributed by atoms with van der Waals surface area (Å²) >= 11 is 0. The first kappa shape index (κ1) is 19.0. The van der Waals surface area contributed by atoms with Crippen LogP contribution in [-0.2, 0) is 6.61 Å². The van der Waals surface area contributed by atoms with Crippen LogP contribution in [-0.4, -0.2) is 25.5 Å². The van der Waals surface area contributed by atoms with E-state index in [2.05, 4.69) is 16.7 Å². The molecule has 0 spiro atoms. The molecule has 1 amide bonds. The molecular weight excluding hydrogens is 336 g/mol. The lowest BCUT2D eigenvalue weighted by atomic mass is 10.1. The number of rotatable bonds is 6. The van der Waals surface area contributed by atoms with Crippen molar-refractivity contribution in [2.24, 2.45) is 0 Å². The van der Waals surface area contributed by atoms with Crippen molar-refractivity contribution in [2.75, 3.05) is 19.6 Å². The SMILES string of the molecule is Cl.O=C(NCC1=CCNCC1)c1cccc(OCc2ccccc2)c1. The topological polar surface area (TPSA) is 50.4 Å². The van der Waals surface area contributed by atoms with Gasteiger partial charge in [0.15, 0.2) is 0 Å². The van der Waals surface area contributed by atoms with Crippen LogP contribution in [0.2, 0.25) is 0 Å². The van der Waals surface area contributed by atoms with Crippen molar-refractivity contribution in [1.29, 1.82) is 0 Å². The third-order valence-electron chi connectivity index (χ3n) is 3.98. The van der Waals surface area contributed by atoms with E-state index in [0.29, 0.717) is 24.5 Å². The van der Waals surface area contributed by atoms with Crippen LogP contribution in [0.4, 0.5) is 0 Å². The maximum atomic E-state index is 12.3. The minimum Gasteiger partial charge on any atom is -0.489 e. The zero-order valence-corrected chi connectivity index (χ0v) is 14.9. The molecule has 0 radical (unpaired) electrons. The zero-order valence-electron chi connectivity index (χ0n) is 14.0. The molecule has 1 aliphatic rings. The normalized spacial score (nSPS) is 13.4. The van der Waals surface area contributed by atoms with Crippen LogP contribution < -0.4 is 15.4 Å². The zero-order chi connectivity index (χ0) is 16.6. The maximum Gasteiger partial charge on any atom is 0.251 e. The first-order valence-electron chi connectivity index (χ1n) is 8.25. The molecule has 5 heteroatoms. The number of amides is 1. The highest BCUT2D eigenvalue weighted by Gasteiger charge is 2.09. The Hall–Kier alpha value is -2.30. The molecule has 25 heavy (non-hydrogen) atoms. The Labute approximate surface area is 154 Å². The Morgan fingerprint density at radius 2 is 1.96 bits per heavy atom. The molecule has 0 atom stereocenters. The number of carbonyl (C=O) groups excluding carboxylic acids is 1. The molecule has 1 heterocycles. The Morgan fingerprint density at radius 1 is 1.12 bits per heavy atom. The van der Waals surface area contributed by atoms with Crippen molar-refractivity contribution in [3.8, 4) is 5.75 Å². The molecule has 0 unspecified atom stereocenters. The van der Waals surface area contributed by atoms with Gasteiger partial charge in [-0.3, -0.25) is 4.79 Å². The summed E-state index contributed by atoms with van der Waals surface area (Å²) in [6.07, 6.45) is 3.13. The van der Waals surface area contributed by atoms with Crippen molar-refractivity contribution in [2.45, 2.75) is 13.0 Å². The van der Waals surface area contributed by atoms with Crippen molar-refractivity contribution in [3.05, 3.63) is 77.4 Å². The summed E-state index contributed by atoms with van der Waals surface area (Å²) in [5.74, 6) is 0.632. The van der Waals surface area contributed by atoms with Crippen molar-refractivity contribution in [3.63, 3.8) is 0 Å². The predicted octanol–water partition coefficient (Wildman–Crippen LogP) is 3.34.